The summed E-state index contributed by atoms with van der Waals surface area (Å²) in [6.07, 6.45) is 0.446. The fraction of sp³-hybridized carbons (Fsp3) is 0.200. The van der Waals surface area contributed by atoms with E-state index < -0.39 is 5.92 Å². The van der Waals surface area contributed by atoms with Crippen molar-refractivity contribution in [3.05, 3.63) is 92.7 Å². The van der Waals surface area contributed by atoms with Crippen LogP contribution in [0.3, 0.4) is 0 Å². The third-order valence-electron chi connectivity index (χ3n) is 5.78. The van der Waals surface area contributed by atoms with Gasteiger partial charge in [0, 0.05) is 18.3 Å². The predicted molar refractivity (Wildman–Crippen MR) is 121 cm³/mol. The van der Waals surface area contributed by atoms with Crippen LogP contribution in [0.2, 0.25) is 0 Å². The first-order chi connectivity index (χ1) is 15.8. The molecule has 0 bridgehead atoms. The molecule has 1 atom stereocenters. The molecule has 2 aromatic carbocycles. The Morgan fingerprint density at radius 3 is 2.67 bits per heavy atom. The second kappa shape index (κ2) is 8.63. The lowest BCUT2D eigenvalue weighted by Crippen LogP contribution is -2.33. The Labute approximate surface area is 190 Å². The monoisotopic (exact) mass is 445 g/mol. The number of aromatic hydroxyl groups is 2. The average molecular weight is 445 g/mol. The van der Waals surface area contributed by atoms with E-state index in [0.29, 0.717) is 41.3 Å². The molecule has 0 radical (unpaired) electrons. The third-order valence-corrected chi connectivity index (χ3v) is 5.78. The van der Waals surface area contributed by atoms with Crippen molar-refractivity contribution >= 4 is 0 Å². The van der Waals surface area contributed by atoms with Crippen LogP contribution in [0.15, 0.2) is 64.8 Å². The van der Waals surface area contributed by atoms with Gasteiger partial charge in [-0.1, -0.05) is 18.2 Å². The number of nitrogens with two attached hydrogens (primary N) is 1. The van der Waals surface area contributed by atoms with Crippen LogP contribution in [0.5, 0.6) is 23.0 Å². The van der Waals surface area contributed by atoms with E-state index >= 15 is 0 Å². The molecule has 8 heteroatoms. The molecule has 3 aromatic rings. The van der Waals surface area contributed by atoms with Gasteiger partial charge in [-0.15, -0.1) is 0 Å². The number of nitrogens with zero attached hydrogens (tertiary/aromatic N) is 2. The lowest BCUT2D eigenvalue weighted by Gasteiger charge is -2.27. The first kappa shape index (κ1) is 21.8. The van der Waals surface area contributed by atoms with E-state index in [0.717, 1.165) is 5.56 Å². The number of hydrogen-bond acceptors (Lipinski definition) is 7. The van der Waals surface area contributed by atoms with Gasteiger partial charge in [-0.25, -0.2) is 0 Å². The number of hydrogen-bond donors (Lipinski definition) is 3. The highest BCUT2D eigenvalue weighted by Crippen LogP contribution is 2.41. The van der Waals surface area contributed by atoms with Crippen molar-refractivity contribution in [2.45, 2.75) is 25.8 Å². The van der Waals surface area contributed by atoms with Crippen LogP contribution < -0.4 is 20.8 Å². The molecule has 4 rings (SSSR count). The minimum atomic E-state index is -0.703. The molecule has 0 amide bonds. The van der Waals surface area contributed by atoms with Crippen molar-refractivity contribution in [2.24, 2.45) is 5.73 Å². The van der Waals surface area contributed by atoms with Gasteiger partial charge < -0.3 is 30.0 Å². The van der Waals surface area contributed by atoms with Crippen molar-refractivity contribution in [2.75, 3.05) is 7.11 Å². The molecule has 0 aliphatic carbocycles. The predicted octanol–water partition coefficient (Wildman–Crippen LogP) is 3.04. The molecule has 0 spiro atoms. The zero-order valence-electron chi connectivity index (χ0n) is 18.2. The fourth-order valence-electron chi connectivity index (χ4n) is 4.08. The maximum absolute atomic E-state index is 13.7. The summed E-state index contributed by atoms with van der Waals surface area (Å²) >= 11 is 0. The zero-order valence-corrected chi connectivity index (χ0v) is 18.2. The molecule has 4 N–H and O–H groups in total. The van der Waals surface area contributed by atoms with Gasteiger partial charge in [0.15, 0.2) is 11.5 Å². The number of nitriles is 1. The van der Waals surface area contributed by atoms with Crippen LogP contribution in [-0.2, 0) is 13.0 Å². The first-order valence-corrected chi connectivity index (χ1v) is 10.3. The largest absolute Gasteiger partial charge is 0.504 e. The van der Waals surface area contributed by atoms with Crippen molar-refractivity contribution in [3.8, 4) is 29.1 Å². The van der Waals surface area contributed by atoms with Crippen LogP contribution in [0.1, 0.15) is 28.3 Å². The van der Waals surface area contributed by atoms with Crippen molar-refractivity contribution in [1.82, 2.24) is 4.57 Å². The number of aryl methyl sites for hydroxylation is 2. The van der Waals surface area contributed by atoms with Gasteiger partial charge >= 0.3 is 0 Å². The summed E-state index contributed by atoms with van der Waals surface area (Å²) in [7, 11) is 1.55. The topological polar surface area (TPSA) is 131 Å². The average Bonchev–Trinajstić information content (AvgIpc) is 2.80. The summed E-state index contributed by atoms with van der Waals surface area (Å²) in [4.78, 5) is 13.7. The summed E-state index contributed by atoms with van der Waals surface area (Å²) in [6.45, 7) is 2.12. The summed E-state index contributed by atoms with van der Waals surface area (Å²) in [5, 5.41) is 29.1. The second-order valence-corrected chi connectivity index (χ2v) is 7.79. The SMILES string of the molecule is COc1cccc([C@H]2C(C#N)=C(N)Oc3cc(C)n(CCc4ccc(O)c(O)c4)c(=O)c32)c1. The number of fused-ring (bicyclic) bond motifs is 1. The number of phenolic OH excluding ortho intramolecular Hbond substituents is 2. The van der Waals surface area contributed by atoms with Crippen LogP contribution in [-0.4, -0.2) is 21.9 Å². The molecule has 0 saturated heterocycles. The first-order valence-electron chi connectivity index (χ1n) is 10.3. The highest BCUT2D eigenvalue weighted by molar-refractivity contribution is 5.56. The molecular formula is C25H23N3O5. The molecule has 33 heavy (non-hydrogen) atoms. The van der Waals surface area contributed by atoms with Gasteiger partial charge in [-0.05, 0) is 48.7 Å². The molecule has 8 nitrogen and oxygen atoms in total. The van der Waals surface area contributed by atoms with Gasteiger partial charge in [0.1, 0.15) is 23.1 Å². The maximum Gasteiger partial charge on any atom is 0.258 e. The number of phenols is 2. The molecule has 0 fully saturated rings. The highest BCUT2D eigenvalue weighted by Gasteiger charge is 2.34. The highest BCUT2D eigenvalue weighted by atomic mass is 16.5. The van der Waals surface area contributed by atoms with Crippen molar-refractivity contribution in [1.29, 1.82) is 5.26 Å². The van der Waals surface area contributed by atoms with E-state index in [1.807, 2.05) is 6.07 Å². The Kier molecular flexibility index (Phi) is 5.71. The minimum Gasteiger partial charge on any atom is -0.504 e. The fourth-order valence-corrected chi connectivity index (χ4v) is 4.08. The lowest BCUT2D eigenvalue weighted by molar-refractivity contribution is 0.387. The Hall–Kier alpha value is -4.38. The summed E-state index contributed by atoms with van der Waals surface area (Å²) in [5.41, 5.74) is 8.36. The Balaban J connectivity index is 1.81. The second-order valence-electron chi connectivity index (χ2n) is 7.79. The third kappa shape index (κ3) is 3.96. The van der Waals surface area contributed by atoms with Crippen molar-refractivity contribution in [3.63, 3.8) is 0 Å². The van der Waals surface area contributed by atoms with Gasteiger partial charge in [0.2, 0.25) is 5.88 Å². The normalized spacial score (nSPS) is 14.9. The molecule has 168 valence electrons. The van der Waals surface area contributed by atoms with E-state index in [-0.39, 0.29) is 28.5 Å². The summed E-state index contributed by atoms with van der Waals surface area (Å²) in [5.74, 6) is -0.239. The van der Waals surface area contributed by atoms with Gasteiger partial charge in [0.25, 0.3) is 5.56 Å². The summed E-state index contributed by atoms with van der Waals surface area (Å²) in [6, 6.07) is 15.6. The Morgan fingerprint density at radius 2 is 1.97 bits per heavy atom. The van der Waals surface area contributed by atoms with E-state index in [1.165, 1.54) is 12.1 Å². The molecule has 1 aromatic heterocycles. The quantitative estimate of drug-likeness (QED) is 0.515. The molecule has 1 aliphatic rings. The molecule has 1 aliphatic heterocycles. The van der Waals surface area contributed by atoms with E-state index in [4.69, 9.17) is 15.2 Å². The number of pyridine rings is 1. The van der Waals surface area contributed by atoms with E-state index in [9.17, 15) is 20.3 Å². The van der Waals surface area contributed by atoms with Crippen LogP contribution in [0.25, 0.3) is 0 Å². The zero-order chi connectivity index (χ0) is 23.7. The molecule has 2 heterocycles. The number of allylic oxidation sites excluding steroid dienone is 1. The number of ether oxygens (including phenoxy) is 2. The number of rotatable bonds is 5. The number of methoxy groups -OCH3 is 1. The molecule has 0 unspecified atom stereocenters. The van der Waals surface area contributed by atoms with E-state index in [2.05, 4.69) is 6.07 Å². The lowest BCUT2D eigenvalue weighted by atomic mass is 9.84. The number of aromatic nitrogens is 1. The van der Waals surface area contributed by atoms with Gasteiger partial charge in [0.05, 0.1) is 18.6 Å². The Morgan fingerprint density at radius 1 is 1.18 bits per heavy atom. The van der Waals surface area contributed by atoms with Gasteiger partial charge in [-0.2, -0.15) is 5.26 Å². The minimum absolute atomic E-state index is 0.0334. The molecular weight excluding hydrogens is 422 g/mol. The summed E-state index contributed by atoms with van der Waals surface area (Å²) < 4.78 is 12.6. The Bertz CT molecular complexity index is 1370. The van der Waals surface area contributed by atoms with Crippen LogP contribution in [0, 0.1) is 18.3 Å². The smallest absolute Gasteiger partial charge is 0.258 e. The van der Waals surface area contributed by atoms with Gasteiger partial charge in [-0.3, -0.25) is 4.79 Å². The molecule has 0 saturated carbocycles. The van der Waals surface area contributed by atoms with Crippen LogP contribution in [0.4, 0.5) is 0 Å². The van der Waals surface area contributed by atoms with E-state index in [1.54, 1.807) is 48.9 Å². The van der Waals surface area contributed by atoms with Crippen LogP contribution >= 0.6 is 0 Å². The van der Waals surface area contributed by atoms with Crippen molar-refractivity contribution < 1.29 is 19.7 Å². The number of benzene rings is 2. The maximum atomic E-state index is 13.7. The standard InChI is InChI=1S/C25H23N3O5/c1-14-10-21-23(25(31)28(14)9-8-15-6-7-19(29)20(30)11-15)22(18(13-26)24(27)33-21)16-4-3-5-17(12-16)32-2/h3-7,10-12,22,29-30H,8-9,27H2,1-2H3/t22-/m0/s1.